The molecule has 12 nitrogen and oxygen atoms in total. The van der Waals surface area contributed by atoms with Crippen molar-refractivity contribution in [2.75, 3.05) is 6.67 Å². The Hall–Kier alpha value is -0.991. The molecule has 0 aromatic rings. The second-order valence-electron chi connectivity index (χ2n) is 11.8. The molecule has 0 aliphatic carbocycles. The molecule has 0 aromatic heterocycles. The predicted molar refractivity (Wildman–Crippen MR) is 157 cm³/mol. The van der Waals surface area contributed by atoms with E-state index in [0.29, 0.717) is 12.1 Å². The first-order valence-electron chi connectivity index (χ1n) is 15.3. The van der Waals surface area contributed by atoms with Crippen molar-refractivity contribution in [3.63, 3.8) is 0 Å². The van der Waals surface area contributed by atoms with Gasteiger partial charge in [-0.05, 0) is 0 Å². The predicted octanol–water partition coefficient (Wildman–Crippen LogP) is 5.11. The summed E-state index contributed by atoms with van der Waals surface area (Å²) >= 11 is 0. The van der Waals surface area contributed by atoms with Gasteiger partial charge in [-0.25, -0.2) is 0 Å². The van der Waals surface area contributed by atoms with E-state index in [1.165, 1.54) is 0 Å². The van der Waals surface area contributed by atoms with Gasteiger partial charge in [0.05, 0.1) is 0 Å². The first-order chi connectivity index (χ1) is 26.0. The van der Waals surface area contributed by atoms with E-state index in [1.807, 2.05) is 0 Å². The molecule has 12 N–H and O–H groups in total. The first kappa shape index (κ1) is 80.1. The number of aliphatic hydroxyl groups is 8. The number of alkyl halides is 24. The van der Waals surface area contributed by atoms with E-state index in [0.717, 1.165) is 13.1 Å². The zero-order valence-electron chi connectivity index (χ0n) is 31.5. The molecule has 0 bridgehead atoms. The van der Waals surface area contributed by atoms with E-state index >= 15 is 0 Å². The quantitative estimate of drug-likeness (QED) is 0.151. The van der Waals surface area contributed by atoms with Gasteiger partial charge in [-0.2, -0.15) is 105 Å². The second kappa shape index (κ2) is 31.9. The molecule has 10 unspecified atom stereocenters. The van der Waals surface area contributed by atoms with Gasteiger partial charge in [0, 0.05) is 62.8 Å². The summed E-state index contributed by atoms with van der Waals surface area (Å²) in [5.74, 6) is 0. The second-order valence-corrected chi connectivity index (χ2v) is 11.8. The molecule has 394 valence electrons. The molecule has 38 heteroatoms. The van der Waals surface area contributed by atoms with E-state index < -0.39 is 124 Å². The maximum Gasteiger partial charge on any atom is 0.414 e. The van der Waals surface area contributed by atoms with Gasteiger partial charge in [-0.15, -0.1) is 12.1 Å². The molecule has 1 aliphatic rings. The van der Waals surface area contributed by atoms with Crippen LogP contribution in [-0.2, 0) is 37.1 Å². The third kappa shape index (κ3) is 41.2. The molecule has 2 radical (unpaired) electrons. The molecule has 1 fully saturated rings. The molecular weight excluding hydrogens is 1060 g/mol. The summed E-state index contributed by atoms with van der Waals surface area (Å²) in [6.07, 6.45) is -72.5. The van der Waals surface area contributed by atoms with Gasteiger partial charge >= 0.3 is 49.4 Å². The minimum atomic E-state index is -5.15. The van der Waals surface area contributed by atoms with Gasteiger partial charge in [0.15, 0.2) is 48.8 Å². The van der Waals surface area contributed by atoms with Crippen LogP contribution < -0.4 is 0 Å². The average molecular weight is 1100 g/mol. The third-order valence-electron chi connectivity index (χ3n) is 6.28. The van der Waals surface area contributed by atoms with Crippen molar-refractivity contribution in [3.8, 4) is 0 Å². The SMILES string of the molecule is CC1CC(C)[N-]C[N-]1.O.O.OC(CC(O)C(F)(F)F)C(F)(F)F.OC(CC(O)C(F)(F)F)C(F)(F)F.OC(CC(O)C(F)(F)F)C(F)(F)F.OC(CC(O)C(F)(F)F)C(F)(F)F.[V].[V]. The Morgan fingerprint density at radius 3 is 0.500 bits per heavy atom. The van der Waals surface area contributed by atoms with E-state index in [1.54, 1.807) is 0 Å². The molecule has 1 heterocycles. The standard InChI is InChI=1S/C6H12N2.4C5H6F6O2.2H2O.2V/c1-5-3-6(2)8-4-7-5;4*6-4(7,8)2(12)1-3(13)5(9,10)11;;;;/h5-6H,3-4H2,1-2H3;4*2-3,12-13H,1H2;2*1H2;;/q-2;;;;;;;;. The molecule has 64 heavy (non-hydrogen) atoms. The summed E-state index contributed by atoms with van der Waals surface area (Å²) in [6, 6.07) is 1.09. The van der Waals surface area contributed by atoms with Crippen molar-refractivity contribution in [2.24, 2.45) is 0 Å². The zero-order chi connectivity index (χ0) is 49.4. The fourth-order valence-corrected chi connectivity index (χ4v) is 2.88. The van der Waals surface area contributed by atoms with Crippen molar-refractivity contribution < 1.29 is 194 Å². The van der Waals surface area contributed by atoms with Crippen LogP contribution in [0.25, 0.3) is 10.6 Å². The smallest absolute Gasteiger partial charge is 0.414 e. The van der Waals surface area contributed by atoms with Crippen LogP contribution in [-0.4, -0.2) is 169 Å². The minimum absolute atomic E-state index is 0. The molecule has 0 aromatic carbocycles. The fraction of sp³-hybridized carbons (Fsp3) is 1.00. The van der Waals surface area contributed by atoms with Gasteiger partial charge in [-0.3, -0.25) is 6.67 Å². The molecular formula is C26H40F24N2O10V2-2. The van der Waals surface area contributed by atoms with Crippen molar-refractivity contribution in [2.45, 2.75) is 156 Å². The molecule has 1 aliphatic heterocycles. The van der Waals surface area contributed by atoms with E-state index in [-0.39, 0.29) is 48.1 Å². The monoisotopic (exact) mass is 1100 g/mol. The summed E-state index contributed by atoms with van der Waals surface area (Å²) < 4.78 is 275. The summed E-state index contributed by atoms with van der Waals surface area (Å²) in [6.45, 7) is 5.01. The van der Waals surface area contributed by atoms with Crippen LogP contribution in [0.2, 0.25) is 0 Å². The molecule has 0 spiro atoms. The summed E-state index contributed by atoms with van der Waals surface area (Å²) in [5, 5.41) is 73.5. The van der Waals surface area contributed by atoms with Crippen LogP contribution >= 0.6 is 0 Å². The topological polar surface area (TPSA) is 253 Å². The van der Waals surface area contributed by atoms with E-state index in [2.05, 4.69) is 24.5 Å². The van der Waals surface area contributed by atoms with Gasteiger partial charge in [0.25, 0.3) is 0 Å². The number of aliphatic hydroxyl groups excluding tert-OH is 8. The van der Waals surface area contributed by atoms with Crippen molar-refractivity contribution >= 4 is 0 Å². The summed E-state index contributed by atoms with van der Waals surface area (Å²) in [7, 11) is 0. The van der Waals surface area contributed by atoms with Gasteiger partial charge in [-0.1, -0.05) is 20.3 Å². The molecule has 0 saturated carbocycles. The maximum absolute atomic E-state index is 11.5. The number of hydrogen-bond acceptors (Lipinski definition) is 8. The van der Waals surface area contributed by atoms with Crippen molar-refractivity contribution in [1.82, 2.24) is 0 Å². The normalized spacial score (nSPS) is 20.0. The van der Waals surface area contributed by atoms with Crippen LogP contribution in [0, 0.1) is 0 Å². The Labute approximate surface area is 367 Å². The number of halogens is 24. The van der Waals surface area contributed by atoms with Crippen LogP contribution in [0.1, 0.15) is 46.0 Å². The van der Waals surface area contributed by atoms with Crippen molar-refractivity contribution in [3.05, 3.63) is 10.6 Å². The summed E-state index contributed by atoms with van der Waals surface area (Å²) in [4.78, 5) is 0. The summed E-state index contributed by atoms with van der Waals surface area (Å²) in [5.41, 5.74) is 0. The molecule has 10 atom stereocenters. The Balaban J connectivity index is -0.000000101. The third-order valence-corrected chi connectivity index (χ3v) is 6.28. The Morgan fingerprint density at radius 2 is 0.438 bits per heavy atom. The van der Waals surface area contributed by atoms with Gasteiger partial charge in [0.2, 0.25) is 0 Å². The zero-order valence-corrected chi connectivity index (χ0v) is 34.2. The van der Waals surface area contributed by atoms with Crippen molar-refractivity contribution in [1.29, 1.82) is 0 Å². The average Bonchev–Trinajstić information content (AvgIpc) is 2.98. The number of rotatable bonds is 8. The van der Waals surface area contributed by atoms with Crippen LogP contribution in [0.3, 0.4) is 0 Å². The number of nitrogens with zero attached hydrogens (tertiary/aromatic N) is 2. The number of hydrogen-bond donors (Lipinski definition) is 8. The van der Waals surface area contributed by atoms with E-state index in [4.69, 9.17) is 40.9 Å². The molecule has 1 saturated heterocycles. The first-order valence-corrected chi connectivity index (χ1v) is 15.3. The largest absolute Gasteiger partial charge is 0.678 e. The Bertz CT molecular complexity index is 912. The van der Waals surface area contributed by atoms with Crippen LogP contribution in [0.5, 0.6) is 0 Å². The van der Waals surface area contributed by atoms with Crippen LogP contribution in [0.4, 0.5) is 105 Å². The van der Waals surface area contributed by atoms with E-state index in [9.17, 15) is 105 Å². The Kier molecular flexibility index (Phi) is 40.0. The van der Waals surface area contributed by atoms with Gasteiger partial charge in [0.1, 0.15) is 0 Å². The Morgan fingerprint density at radius 1 is 0.328 bits per heavy atom. The molecule has 0 amide bonds. The fourth-order valence-electron chi connectivity index (χ4n) is 2.88. The van der Waals surface area contributed by atoms with Gasteiger partial charge < -0.3 is 62.4 Å². The van der Waals surface area contributed by atoms with Crippen LogP contribution in [0.15, 0.2) is 0 Å². The molecule has 1 rings (SSSR count). The maximum atomic E-state index is 11.5. The minimum Gasteiger partial charge on any atom is -0.678 e.